The minimum Gasteiger partial charge on any atom is -0.481 e. The Balaban J connectivity index is 2.13. The Hall–Kier alpha value is -2.04. The van der Waals surface area contributed by atoms with Gasteiger partial charge in [-0.15, -0.1) is 0 Å². The number of nitrogens with zero attached hydrogens (tertiary/aromatic N) is 2. The maximum atomic E-state index is 12.4. The smallest absolute Gasteiger partial charge is 0.308 e. The molecule has 1 fully saturated rings. The van der Waals surface area contributed by atoms with Crippen LogP contribution in [0.3, 0.4) is 0 Å². The third-order valence-corrected chi connectivity index (χ3v) is 4.07. The molecule has 1 unspecified atom stereocenters. The van der Waals surface area contributed by atoms with Gasteiger partial charge in [0.2, 0.25) is 5.91 Å². The fourth-order valence-corrected chi connectivity index (χ4v) is 2.72. The lowest BCUT2D eigenvalue weighted by Gasteiger charge is -2.28. The summed E-state index contributed by atoms with van der Waals surface area (Å²) in [4.78, 5) is 27.3. The summed E-state index contributed by atoms with van der Waals surface area (Å²) in [7, 11) is 0. The van der Waals surface area contributed by atoms with Gasteiger partial charge in [-0.3, -0.25) is 9.59 Å². The van der Waals surface area contributed by atoms with Gasteiger partial charge in [0.1, 0.15) is 0 Å². The first-order chi connectivity index (χ1) is 10.5. The van der Waals surface area contributed by atoms with Crippen molar-refractivity contribution in [2.45, 2.75) is 26.7 Å². The summed E-state index contributed by atoms with van der Waals surface area (Å²) in [5, 5.41) is 9.16. The Bertz CT molecular complexity index is 538. The van der Waals surface area contributed by atoms with Crippen LogP contribution in [0.4, 0.5) is 5.69 Å². The van der Waals surface area contributed by atoms with Crippen LogP contribution in [-0.4, -0.2) is 48.1 Å². The van der Waals surface area contributed by atoms with Crippen LogP contribution in [0.25, 0.3) is 0 Å². The van der Waals surface area contributed by atoms with Gasteiger partial charge in [0.15, 0.2) is 0 Å². The quantitative estimate of drug-likeness (QED) is 0.875. The Morgan fingerprint density at radius 1 is 1.32 bits per heavy atom. The van der Waals surface area contributed by atoms with Crippen LogP contribution in [0.5, 0.6) is 0 Å². The van der Waals surface area contributed by atoms with Crippen molar-refractivity contribution in [1.82, 2.24) is 4.90 Å². The number of hydrogen-bond donors (Lipinski definition) is 1. The first kappa shape index (κ1) is 16.3. The molecule has 22 heavy (non-hydrogen) atoms. The maximum Gasteiger partial charge on any atom is 0.308 e. The standard InChI is InChI=1S/C17H24N2O3/c1-13-6-5-7-15(10-13)19(11-14(2)17(21)22)12-16(20)18-8-3-4-9-18/h5-7,10,14H,3-4,8-9,11-12H2,1-2H3,(H,21,22). The fourth-order valence-electron chi connectivity index (χ4n) is 2.72. The Kier molecular flexibility index (Phi) is 5.41. The van der Waals surface area contributed by atoms with Crippen molar-refractivity contribution in [2.24, 2.45) is 5.92 Å². The summed E-state index contributed by atoms with van der Waals surface area (Å²) in [5.74, 6) is -1.28. The van der Waals surface area contributed by atoms with Crippen molar-refractivity contribution in [1.29, 1.82) is 0 Å². The molecule has 1 aliphatic rings. The van der Waals surface area contributed by atoms with Crippen molar-refractivity contribution < 1.29 is 14.7 Å². The highest BCUT2D eigenvalue weighted by molar-refractivity contribution is 5.82. The summed E-state index contributed by atoms with van der Waals surface area (Å²) in [6.07, 6.45) is 2.11. The van der Waals surface area contributed by atoms with E-state index in [4.69, 9.17) is 5.11 Å². The number of carbonyl (C=O) groups is 2. The minimum absolute atomic E-state index is 0.0802. The molecule has 1 N–H and O–H groups in total. The molecular formula is C17H24N2O3. The highest BCUT2D eigenvalue weighted by atomic mass is 16.4. The first-order valence-electron chi connectivity index (χ1n) is 7.79. The summed E-state index contributed by atoms with van der Waals surface area (Å²) >= 11 is 0. The Morgan fingerprint density at radius 2 is 2.00 bits per heavy atom. The molecule has 0 bridgehead atoms. The van der Waals surface area contributed by atoms with Crippen LogP contribution in [0.15, 0.2) is 24.3 Å². The van der Waals surface area contributed by atoms with Gasteiger partial charge in [-0.25, -0.2) is 0 Å². The molecule has 2 rings (SSSR count). The Labute approximate surface area is 131 Å². The van der Waals surface area contributed by atoms with E-state index in [0.29, 0.717) is 6.54 Å². The number of likely N-dealkylation sites (tertiary alicyclic amines) is 1. The molecule has 5 nitrogen and oxygen atoms in total. The van der Waals surface area contributed by atoms with Crippen LogP contribution in [0.1, 0.15) is 25.3 Å². The summed E-state index contributed by atoms with van der Waals surface area (Å²) in [5.41, 5.74) is 2.00. The average Bonchev–Trinajstić information content (AvgIpc) is 3.00. The maximum absolute atomic E-state index is 12.4. The van der Waals surface area contributed by atoms with Gasteiger partial charge >= 0.3 is 5.97 Å². The van der Waals surface area contributed by atoms with E-state index in [9.17, 15) is 9.59 Å². The minimum atomic E-state index is -0.841. The van der Waals surface area contributed by atoms with Crippen LogP contribution < -0.4 is 4.90 Å². The number of aryl methyl sites for hydroxylation is 1. The molecule has 5 heteroatoms. The molecule has 1 saturated heterocycles. The van der Waals surface area contributed by atoms with Gasteiger partial charge in [-0.1, -0.05) is 19.1 Å². The average molecular weight is 304 g/mol. The predicted molar refractivity (Wildman–Crippen MR) is 86.0 cm³/mol. The largest absolute Gasteiger partial charge is 0.481 e. The molecule has 0 saturated carbocycles. The molecule has 1 aliphatic heterocycles. The molecule has 120 valence electrons. The first-order valence-corrected chi connectivity index (χ1v) is 7.79. The topological polar surface area (TPSA) is 60.9 Å². The number of anilines is 1. The van der Waals surface area contributed by atoms with Gasteiger partial charge in [-0.2, -0.15) is 0 Å². The highest BCUT2D eigenvalue weighted by Crippen LogP contribution is 2.18. The molecule has 1 aromatic rings. The molecule has 1 aromatic carbocycles. The van der Waals surface area contributed by atoms with Crippen molar-refractivity contribution in [2.75, 3.05) is 31.1 Å². The van der Waals surface area contributed by atoms with E-state index >= 15 is 0 Å². The molecule has 0 aliphatic carbocycles. The Morgan fingerprint density at radius 3 is 2.59 bits per heavy atom. The second-order valence-electron chi connectivity index (χ2n) is 6.05. The zero-order chi connectivity index (χ0) is 16.1. The van der Waals surface area contributed by atoms with E-state index < -0.39 is 11.9 Å². The van der Waals surface area contributed by atoms with Crippen LogP contribution in [0.2, 0.25) is 0 Å². The van der Waals surface area contributed by atoms with E-state index in [1.165, 1.54) is 0 Å². The van der Waals surface area contributed by atoms with Crippen LogP contribution in [-0.2, 0) is 9.59 Å². The summed E-state index contributed by atoms with van der Waals surface area (Å²) in [6, 6.07) is 7.85. The van der Waals surface area contributed by atoms with Gasteiger partial charge < -0.3 is 14.9 Å². The number of carbonyl (C=O) groups excluding carboxylic acids is 1. The normalized spacial score (nSPS) is 15.6. The van der Waals surface area contributed by atoms with Crippen molar-refractivity contribution in [3.05, 3.63) is 29.8 Å². The third kappa shape index (κ3) is 4.23. The molecule has 0 spiro atoms. The summed E-state index contributed by atoms with van der Waals surface area (Å²) < 4.78 is 0. The number of carboxylic acids is 1. The molecule has 1 amide bonds. The SMILES string of the molecule is Cc1cccc(N(CC(=O)N2CCCC2)CC(C)C(=O)O)c1. The van der Waals surface area contributed by atoms with E-state index in [1.807, 2.05) is 41.0 Å². The number of amides is 1. The van der Waals surface area contributed by atoms with E-state index in [0.717, 1.165) is 37.2 Å². The number of rotatable bonds is 6. The number of hydrogen-bond acceptors (Lipinski definition) is 3. The zero-order valence-corrected chi connectivity index (χ0v) is 13.3. The van der Waals surface area contributed by atoms with E-state index in [-0.39, 0.29) is 12.5 Å². The lowest BCUT2D eigenvalue weighted by Crippen LogP contribution is -2.41. The van der Waals surface area contributed by atoms with E-state index in [2.05, 4.69) is 0 Å². The van der Waals surface area contributed by atoms with Crippen molar-refractivity contribution in [3.8, 4) is 0 Å². The monoisotopic (exact) mass is 304 g/mol. The van der Waals surface area contributed by atoms with Gasteiger partial charge in [0, 0.05) is 25.3 Å². The zero-order valence-electron chi connectivity index (χ0n) is 13.3. The second-order valence-corrected chi connectivity index (χ2v) is 6.05. The van der Waals surface area contributed by atoms with E-state index in [1.54, 1.807) is 6.92 Å². The second kappa shape index (κ2) is 7.29. The molecular weight excluding hydrogens is 280 g/mol. The predicted octanol–water partition coefficient (Wildman–Crippen LogP) is 2.14. The lowest BCUT2D eigenvalue weighted by molar-refractivity contribution is -0.141. The lowest BCUT2D eigenvalue weighted by atomic mass is 10.1. The third-order valence-electron chi connectivity index (χ3n) is 4.07. The molecule has 1 heterocycles. The number of carboxylic acid groups (broad SMARTS) is 1. The molecule has 0 aromatic heterocycles. The van der Waals surface area contributed by atoms with Crippen molar-refractivity contribution in [3.63, 3.8) is 0 Å². The highest BCUT2D eigenvalue weighted by Gasteiger charge is 2.23. The van der Waals surface area contributed by atoms with Crippen LogP contribution >= 0.6 is 0 Å². The van der Waals surface area contributed by atoms with Gasteiger partial charge in [0.05, 0.1) is 12.5 Å². The number of aliphatic carboxylic acids is 1. The summed E-state index contributed by atoms with van der Waals surface area (Å²) in [6.45, 7) is 5.86. The van der Waals surface area contributed by atoms with Gasteiger partial charge in [0.25, 0.3) is 0 Å². The van der Waals surface area contributed by atoms with Gasteiger partial charge in [-0.05, 0) is 37.5 Å². The molecule has 0 radical (unpaired) electrons. The number of benzene rings is 1. The van der Waals surface area contributed by atoms with Crippen LogP contribution in [0, 0.1) is 12.8 Å². The van der Waals surface area contributed by atoms with Crippen molar-refractivity contribution >= 4 is 17.6 Å². The fraction of sp³-hybridized carbons (Fsp3) is 0.529. The molecule has 1 atom stereocenters.